The molecule has 1 aliphatic rings. The number of carboxylic acids is 1. The van der Waals surface area contributed by atoms with Crippen molar-refractivity contribution in [2.24, 2.45) is 0 Å². The number of nitrogens with zero attached hydrogens (tertiary/aromatic N) is 1. The van der Waals surface area contributed by atoms with Crippen LogP contribution >= 0.6 is 24.0 Å². The van der Waals surface area contributed by atoms with Gasteiger partial charge in [0, 0.05) is 0 Å². The molecule has 2 aromatic rings. The molecule has 0 saturated carbocycles. The molecule has 0 aliphatic carbocycles. The Balaban J connectivity index is 1.57. The molecule has 2 amide bonds. The summed E-state index contributed by atoms with van der Waals surface area (Å²) in [6.45, 7) is -0.656. The molecule has 3 rings (SSSR count). The lowest BCUT2D eigenvalue weighted by Crippen LogP contribution is -2.33. The number of carbonyl (C=O) groups excluding carboxylic acids is 2. The number of thiocarbonyl (C=S) groups is 1. The highest BCUT2D eigenvalue weighted by atomic mass is 32.2. The molecule has 10 heteroatoms. The SMILES string of the molecule is COc1ccccc1NC(=O)COc1ccc(C=C2SC(=S)N(CC(=O)O)C2=O)cc1. The lowest BCUT2D eigenvalue weighted by atomic mass is 10.2. The third-order valence-corrected chi connectivity index (χ3v) is 5.47. The van der Waals surface area contributed by atoms with Gasteiger partial charge in [0.2, 0.25) is 0 Å². The quantitative estimate of drug-likeness (QED) is 0.460. The number of hydrogen-bond donors (Lipinski definition) is 2. The molecule has 0 spiro atoms. The maximum Gasteiger partial charge on any atom is 0.323 e. The van der Waals surface area contributed by atoms with Crippen LogP contribution in [0.3, 0.4) is 0 Å². The van der Waals surface area contributed by atoms with Crippen molar-refractivity contribution in [3.05, 3.63) is 59.0 Å². The van der Waals surface area contributed by atoms with E-state index in [4.69, 9.17) is 26.8 Å². The van der Waals surface area contributed by atoms with Crippen molar-refractivity contribution in [1.82, 2.24) is 4.90 Å². The lowest BCUT2D eigenvalue weighted by molar-refractivity contribution is -0.140. The number of aliphatic carboxylic acids is 1. The summed E-state index contributed by atoms with van der Waals surface area (Å²) in [6.07, 6.45) is 1.62. The fraction of sp³-hybridized carbons (Fsp3) is 0.143. The van der Waals surface area contributed by atoms with Crippen LogP contribution in [-0.4, -0.2) is 52.4 Å². The van der Waals surface area contributed by atoms with Crippen molar-refractivity contribution >= 4 is 57.8 Å². The number of para-hydroxylation sites is 2. The van der Waals surface area contributed by atoms with Crippen LogP contribution in [0.5, 0.6) is 11.5 Å². The van der Waals surface area contributed by atoms with E-state index in [0.717, 1.165) is 16.7 Å². The number of benzene rings is 2. The van der Waals surface area contributed by atoms with Crippen molar-refractivity contribution in [2.45, 2.75) is 0 Å². The zero-order valence-corrected chi connectivity index (χ0v) is 18.0. The number of nitrogens with one attached hydrogen (secondary N) is 1. The Morgan fingerprint density at radius 2 is 1.90 bits per heavy atom. The third kappa shape index (κ3) is 5.83. The maximum absolute atomic E-state index is 12.3. The first-order valence-electron chi connectivity index (χ1n) is 9.00. The Kier molecular flexibility index (Phi) is 7.27. The highest BCUT2D eigenvalue weighted by Gasteiger charge is 2.33. The highest BCUT2D eigenvalue weighted by Crippen LogP contribution is 2.32. The number of carbonyl (C=O) groups is 3. The minimum Gasteiger partial charge on any atom is -0.495 e. The van der Waals surface area contributed by atoms with Gasteiger partial charge in [-0.15, -0.1) is 0 Å². The molecule has 160 valence electrons. The molecule has 0 radical (unpaired) electrons. The summed E-state index contributed by atoms with van der Waals surface area (Å²) < 4.78 is 10.9. The molecule has 31 heavy (non-hydrogen) atoms. The van der Waals surface area contributed by atoms with Crippen LogP contribution in [-0.2, 0) is 14.4 Å². The second kappa shape index (κ2) is 10.1. The maximum atomic E-state index is 12.3. The van der Waals surface area contributed by atoms with Crippen LogP contribution in [0.15, 0.2) is 53.4 Å². The van der Waals surface area contributed by atoms with Crippen molar-refractivity contribution in [2.75, 3.05) is 25.6 Å². The third-order valence-electron chi connectivity index (χ3n) is 4.10. The van der Waals surface area contributed by atoms with Gasteiger partial charge >= 0.3 is 5.97 Å². The van der Waals surface area contributed by atoms with Crippen molar-refractivity contribution < 1.29 is 29.0 Å². The first-order chi connectivity index (χ1) is 14.9. The van der Waals surface area contributed by atoms with Crippen molar-refractivity contribution in [3.8, 4) is 11.5 Å². The summed E-state index contributed by atoms with van der Waals surface area (Å²) in [7, 11) is 1.52. The van der Waals surface area contributed by atoms with E-state index < -0.39 is 18.4 Å². The molecular weight excluding hydrogens is 440 g/mol. The number of rotatable bonds is 8. The number of hydrogen-bond acceptors (Lipinski definition) is 7. The fourth-order valence-electron chi connectivity index (χ4n) is 2.67. The van der Waals surface area contributed by atoms with Gasteiger partial charge in [0.05, 0.1) is 17.7 Å². The second-order valence-corrected chi connectivity index (χ2v) is 7.94. The van der Waals surface area contributed by atoms with E-state index in [1.807, 2.05) is 0 Å². The van der Waals surface area contributed by atoms with Crippen LogP contribution < -0.4 is 14.8 Å². The van der Waals surface area contributed by atoms with E-state index in [1.165, 1.54) is 7.11 Å². The summed E-state index contributed by atoms with van der Waals surface area (Å²) in [5.74, 6) is -0.880. The number of anilines is 1. The van der Waals surface area contributed by atoms with Crippen LogP contribution in [0, 0.1) is 0 Å². The molecule has 2 N–H and O–H groups in total. The Morgan fingerprint density at radius 1 is 1.19 bits per heavy atom. The number of carboxylic acid groups (broad SMARTS) is 1. The molecule has 0 aromatic heterocycles. The summed E-state index contributed by atoms with van der Waals surface area (Å²) in [6, 6.07) is 13.8. The largest absolute Gasteiger partial charge is 0.495 e. The summed E-state index contributed by atoms with van der Waals surface area (Å²) in [4.78, 5) is 36.7. The smallest absolute Gasteiger partial charge is 0.323 e. The van der Waals surface area contributed by atoms with Crippen molar-refractivity contribution in [1.29, 1.82) is 0 Å². The van der Waals surface area contributed by atoms with Gasteiger partial charge in [-0.05, 0) is 35.9 Å². The Labute approximate surface area is 187 Å². The standard InChI is InChI=1S/C21H18N2O6S2/c1-28-16-5-3-2-4-15(16)22-18(24)12-29-14-8-6-13(7-9-14)10-17-20(27)23(11-19(25)26)21(30)31-17/h2-10H,11-12H2,1H3,(H,22,24)(H,25,26). The summed E-state index contributed by atoms with van der Waals surface area (Å²) >= 11 is 6.12. The lowest BCUT2D eigenvalue weighted by Gasteiger charge is -2.11. The molecule has 2 aromatic carbocycles. The molecule has 8 nitrogen and oxygen atoms in total. The van der Waals surface area contributed by atoms with E-state index in [-0.39, 0.29) is 16.8 Å². The molecule has 1 heterocycles. The average Bonchev–Trinajstić information content (AvgIpc) is 3.00. The van der Waals surface area contributed by atoms with E-state index in [0.29, 0.717) is 27.7 Å². The number of ether oxygens (including phenoxy) is 2. The first kappa shape index (κ1) is 22.3. The zero-order chi connectivity index (χ0) is 22.4. The van der Waals surface area contributed by atoms with E-state index in [1.54, 1.807) is 54.6 Å². The highest BCUT2D eigenvalue weighted by molar-refractivity contribution is 8.26. The molecular formula is C21H18N2O6S2. The fourth-order valence-corrected chi connectivity index (χ4v) is 3.92. The molecule has 1 aliphatic heterocycles. The number of methoxy groups -OCH3 is 1. The molecule has 0 bridgehead atoms. The van der Waals surface area contributed by atoms with Crippen molar-refractivity contribution in [3.63, 3.8) is 0 Å². The van der Waals surface area contributed by atoms with Crippen LogP contribution in [0.1, 0.15) is 5.56 Å². The van der Waals surface area contributed by atoms with Gasteiger partial charge in [-0.2, -0.15) is 0 Å². The molecule has 1 fully saturated rings. The minimum atomic E-state index is -1.13. The number of thioether (sulfide) groups is 1. The summed E-state index contributed by atoms with van der Waals surface area (Å²) in [5.41, 5.74) is 1.26. The Morgan fingerprint density at radius 3 is 2.58 bits per heavy atom. The van der Waals surface area contributed by atoms with Gasteiger partial charge in [0.1, 0.15) is 22.4 Å². The number of amides is 2. The topological polar surface area (TPSA) is 105 Å². The van der Waals surface area contributed by atoms with E-state index in [9.17, 15) is 14.4 Å². The Bertz CT molecular complexity index is 1050. The van der Waals surface area contributed by atoms with Gasteiger partial charge in [0.15, 0.2) is 6.61 Å². The van der Waals surface area contributed by atoms with E-state index in [2.05, 4.69) is 5.32 Å². The van der Waals surface area contributed by atoms with Gasteiger partial charge < -0.3 is 19.9 Å². The van der Waals surface area contributed by atoms with Gasteiger partial charge in [-0.25, -0.2) is 0 Å². The second-order valence-electron chi connectivity index (χ2n) is 6.27. The minimum absolute atomic E-state index is 0.189. The first-order valence-corrected chi connectivity index (χ1v) is 10.2. The average molecular weight is 459 g/mol. The monoisotopic (exact) mass is 458 g/mol. The predicted molar refractivity (Wildman–Crippen MR) is 121 cm³/mol. The zero-order valence-electron chi connectivity index (χ0n) is 16.4. The van der Waals surface area contributed by atoms with Crippen LogP contribution in [0.25, 0.3) is 6.08 Å². The molecule has 0 unspecified atom stereocenters. The van der Waals surface area contributed by atoms with Gasteiger partial charge in [0.25, 0.3) is 11.8 Å². The van der Waals surface area contributed by atoms with Gasteiger partial charge in [-0.3, -0.25) is 19.3 Å². The van der Waals surface area contributed by atoms with Gasteiger partial charge in [-0.1, -0.05) is 48.2 Å². The molecule has 0 atom stereocenters. The van der Waals surface area contributed by atoms with Crippen LogP contribution in [0.4, 0.5) is 5.69 Å². The normalized spacial score (nSPS) is 14.6. The summed E-state index contributed by atoms with van der Waals surface area (Å²) in [5, 5.41) is 11.6. The van der Waals surface area contributed by atoms with E-state index >= 15 is 0 Å². The predicted octanol–water partition coefficient (Wildman–Crippen LogP) is 3.00. The molecule has 1 saturated heterocycles. The Hall–Kier alpha value is -3.37. The van der Waals surface area contributed by atoms with Crippen LogP contribution in [0.2, 0.25) is 0 Å².